The number of thiophene rings is 1. The van der Waals surface area contributed by atoms with Crippen LogP contribution in [0.1, 0.15) is 4.88 Å². The molecule has 0 unspecified atom stereocenters. The standard InChI is InChI=1S/C13H14ClN3O2S/c14-12-8-10(17(18)19)3-4-13(12)16-6-5-15-9-11-2-1-7-20-11/h1-4,7-8,15-16H,5-6,9H2. The van der Waals surface area contributed by atoms with Gasteiger partial charge in [0.05, 0.1) is 15.6 Å². The molecule has 0 spiro atoms. The second-order valence-electron chi connectivity index (χ2n) is 4.10. The summed E-state index contributed by atoms with van der Waals surface area (Å²) in [6, 6.07) is 8.52. The van der Waals surface area contributed by atoms with Crippen LogP contribution in [0.2, 0.25) is 5.02 Å². The zero-order valence-corrected chi connectivity index (χ0v) is 12.2. The van der Waals surface area contributed by atoms with Crippen molar-refractivity contribution in [2.75, 3.05) is 18.4 Å². The molecule has 0 aliphatic rings. The van der Waals surface area contributed by atoms with Crippen LogP contribution in [0.5, 0.6) is 0 Å². The lowest BCUT2D eigenvalue weighted by Crippen LogP contribution is -2.21. The van der Waals surface area contributed by atoms with Crippen LogP contribution in [0.4, 0.5) is 11.4 Å². The molecule has 106 valence electrons. The molecule has 7 heteroatoms. The van der Waals surface area contributed by atoms with E-state index in [0.29, 0.717) is 17.3 Å². The highest BCUT2D eigenvalue weighted by Gasteiger charge is 2.08. The molecular weight excluding hydrogens is 298 g/mol. The van der Waals surface area contributed by atoms with Crippen molar-refractivity contribution in [2.45, 2.75) is 6.54 Å². The number of non-ortho nitro benzene ring substituents is 1. The number of anilines is 1. The number of benzene rings is 1. The van der Waals surface area contributed by atoms with Gasteiger partial charge in [-0.3, -0.25) is 10.1 Å². The van der Waals surface area contributed by atoms with Gasteiger partial charge >= 0.3 is 0 Å². The Kier molecular flexibility index (Phi) is 5.34. The van der Waals surface area contributed by atoms with Gasteiger partial charge in [0.2, 0.25) is 0 Å². The molecule has 2 rings (SSSR count). The Hall–Kier alpha value is -1.63. The fourth-order valence-electron chi connectivity index (χ4n) is 1.67. The Bertz CT molecular complexity index is 575. The number of hydrogen-bond donors (Lipinski definition) is 2. The van der Waals surface area contributed by atoms with Gasteiger partial charge in [-0.2, -0.15) is 0 Å². The Morgan fingerprint density at radius 3 is 2.80 bits per heavy atom. The van der Waals surface area contributed by atoms with Gasteiger partial charge in [-0.05, 0) is 17.5 Å². The van der Waals surface area contributed by atoms with Crippen molar-refractivity contribution < 1.29 is 4.92 Å². The summed E-state index contributed by atoms with van der Waals surface area (Å²) in [6.07, 6.45) is 0. The van der Waals surface area contributed by atoms with Crippen molar-refractivity contribution in [3.8, 4) is 0 Å². The molecule has 1 aromatic carbocycles. The van der Waals surface area contributed by atoms with Gasteiger partial charge < -0.3 is 10.6 Å². The monoisotopic (exact) mass is 311 g/mol. The van der Waals surface area contributed by atoms with E-state index in [1.807, 2.05) is 11.4 Å². The third-order valence-electron chi connectivity index (χ3n) is 2.66. The number of rotatable bonds is 7. The van der Waals surface area contributed by atoms with Crippen LogP contribution in [0.15, 0.2) is 35.7 Å². The summed E-state index contributed by atoms with van der Waals surface area (Å²) in [7, 11) is 0. The molecule has 20 heavy (non-hydrogen) atoms. The van der Waals surface area contributed by atoms with Crippen LogP contribution >= 0.6 is 22.9 Å². The predicted molar refractivity (Wildman–Crippen MR) is 82.6 cm³/mol. The van der Waals surface area contributed by atoms with E-state index < -0.39 is 4.92 Å². The predicted octanol–water partition coefficient (Wildman–Crippen LogP) is 3.51. The minimum absolute atomic E-state index is 0.00336. The molecule has 5 nitrogen and oxygen atoms in total. The van der Waals surface area contributed by atoms with Crippen LogP contribution in [-0.2, 0) is 6.54 Å². The number of halogens is 1. The van der Waals surface area contributed by atoms with E-state index in [2.05, 4.69) is 16.7 Å². The van der Waals surface area contributed by atoms with Crippen molar-refractivity contribution in [3.63, 3.8) is 0 Å². The summed E-state index contributed by atoms with van der Waals surface area (Å²) in [4.78, 5) is 11.4. The lowest BCUT2D eigenvalue weighted by molar-refractivity contribution is -0.384. The fourth-order valence-corrected chi connectivity index (χ4v) is 2.59. The third kappa shape index (κ3) is 4.19. The minimum atomic E-state index is -0.460. The Morgan fingerprint density at radius 2 is 2.15 bits per heavy atom. The summed E-state index contributed by atoms with van der Waals surface area (Å²) in [5.41, 5.74) is 0.701. The van der Waals surface area contributed by atoms with Gasteiger partial charge in [0.25, 0.3) is 5.69 Å². The quantitative estimate of drug-likeness (QED) is 0.466. The van der Waals surface area contributed by atoms with E-state index in [-0.39, 0.29) is 5.69 Å². The number of nitro groups is 1. The molecule has 2 aromatic rings. The summed E-state index contributed by atoms with van der Waals surface area (Å²) in [5, 5.41) is 19.4. The van der Waals surface area contributed by atoms with E-state index in [4.69, 9.17) is 11.6 Å². The molecule has 0 bridgehead atoms. The van der Waals surface area contributed by atoms with Crippen molar-refractivity contribution in [3.05, 3.63) is 55.7 Å². The molecule has 0 saturated heterocycles. The van der Waals surface area contributed by atoms with E-state index >= 15 is 0 Å². The first-order chi connectivity index (χ1) is 9.66. The third-order valence-corrected chi connectivity index (χ3v) is 3.85. The van der Waals surface area contributed by atoms with Gasteiger partial charge in [0.1, 0.15) is 0 Å². The average Bonchev–Trinajstić information content (AvgIpc) is 2.93. The van der Waals surface area contributed by atoms with E-state index in [1.165, 1.54) is 17.0 Å². The van der Waals surface area contributed by atoms with Crippen LogP contribution in [0.25, 0.3) is 0 Å². The van der Waals surface area contributed by atoms with Crippen LogP contribution in [-0.4, -0.2) is 18.0 Å². The maximum absolute atomic E-state index is 10.6. The normalized spacial score (nSPS) is 10.4. The van der Waals surface area contributed by atoms with Crippen LogP contribution in [0.3, 0.4) is 0 Å². The average molecular weight is 312 g/mol. The topological polar surface area (TPSA) is 67.2 Å². The molecule has 0 saturated carbocycles. The maximum Gasteiger partial charge on any atom is 0.271 e. The van der Waals surface area contributed by atoms with Gasteiger partial charge in [-0.1, -0.05) is 17.7 Å². The smallest absolute Gasteiger partial charge is 0.271 e. The second kappa shape index (κ2) is 7.23. The lowest BCUT2D eigenvalue weighted by Gasteiger charge is -2.08. The zero-order valence-electron chi connectivity index (χ0n) is 10.6. The highest BCUT2D eigenvalue weighted by molar-refractivity contribution is 7.09. The molecule has 0 amide bonds. The van der Waals surface area contributed by atoms with Gasteiger partial charge in [-0.15, -0.1) is 11.3 Å². The molecule has 0 fully saturated rings. The molecule has 0 atom stereocenters. The van der Waals surface area contributed by atoms with Crippen LogP contribution < -0.4 is 10.6 Å². The van der Waals surface area contributed by atoms with Crippen molar-refractivity contribution >= 4 is 34.3 Å². The largest absolute Gasteiger partial charge is 0.383 e. The highest BCUT2D eigenvalue weighted by Crippen LogP contribution is 2.26. The lowest BCUT2D eigenvalue weighted by atomic mass is 10.3. The molecule has 0 aliphatic carbocycles. The SMILES string of the molecule is O=[N+]([O-])c1ccc(NCCNCc2cccs2)c(Cl)c1. The Labute approximate surface area is 125 Å². The molecule has 0 aliphatic heterocycles. The molecule has 0 radical (unpaired) electrons. The number of nitro benzene ring substituents is 1. The Balaban J connectivity index is 1.75. The molecular formula is C13H14ClN3O2S. The van der Waals surface area contributed by atoms with E-state index in [1.54, 1.807) is 17.4 Å². The number of hydrogen-bond acceptors (Lipinski definition) is 5. The first-order valence-corrected chi connectivity index (χ1v) is 7.33. The van der Waals surface area contributed by atoms with Crippen molar-refractivity contribution in [1.82, 2.24) is 5.32 Å². The van der Waals surface area contributed by atoms with Crippen LogP contribution in [0, 0.1) is 10.1 Å². The second-order valence-corrected chi connectivity index (χ2v) is 5.54. The fraction of sp³-hybridized carbons (Fsp3) is 0.231. The summed E-state index contributed by atoms with van der Waals surface area (Å²) in [5.74, 6) is 0. The first kappa shape index (κ1) is 14.8. The summed E-state index contributed by atoms with van der Waals surface area (Å²) < 4.78 is 0. The molecule has 1 heterocycles. The molecule has 2 N–H and O–H groups in total. The first-order valence-electron chi connectivity index (χ1n) is 6.08. The van der Waals surface area contributed by atoms with Gasteiger partial charge in [-0.25, -0.2) is 0 Å². The zero-order chi connectivity index (χ0) is 14.4. The Morgan fingerprint density at radius 1 is 1.30 bits per heavy atom. The van der Waals surface area contributed by atoms with Gasteiger partial charge in [0.15, 0.2) is 0 Å². The van der Waals surface area contributed by atoms with Crippen molar-refractivity contribution in [1.29, 1.82) is 0 Å². The summed E-state index contributed by atoms with van der Waals surface area (Å²) in [6.45, 7) is 2.32. The number of nitrogens with zero attached hydrogens (tertiary/aromatic N) is 1. The van der Waals surface area contributed by atoms with Crippen molar-refractivity contribution in [2.24, 2.45) is 0 Å². The van der Waals surface area contributed by atoms with Gasteiger partial charge in [0, 0.05) is 36.6 Å². The maximum atomic E-state index is 10.6. The summed E-state index contributed by atoms with van der Waals surface area (Å²) >= 11 is 7.70. The molecule has 1 aromatic heterocycles. The number of nitrogens with one attached hydrogen (secondary N) is 2. The van der Waals surface area contributed by atoms with E-state index in [0.717, 1.165) is 13.1 Å². The highest BCUT2D eigenvalue weighted by atomic mass is 35.5. The van der Waals surface area contributed by atoms with E-state index in [9.17, 15) is 10.1 Å². The minimum Gasteiger partial charge on any atom is -0.383 e.